The van der Waals surface area contributed by atoms with E-state index in [4.69, 9.17) is 0 Å². The number of carbonyl (C=O) groups excluding carboxylic acids is 1. The van der Waals surface area contributed by atoms with E-state index in [0.717, 1.165) is 28.2 Å². The molecule has 0 unspecified atom stereocenters. The zero-order valence-electron chi connectivity index (χ0n) is 11.5. The quantitative estimate of drug-likeness (QED) is 0.809. The van der Waals surface area contributed by atoms with E-state index < -0.39 is 16.0 Å². The maximum atomic E-state index is 12.3. The number of nitrogens with one attached hydrogen (secondary N) is 1. The summed E-state index contributed by atoms with van der Waals surface area (Å²) < 4.78 is 31.5. The Hall–Kier alpha value is -1.29. The summed E-state index contributed by atoms with van der Waals surface area (Å²) in [5.74, 6) is -0.762. The van der Waals surface area contributed by atoms with Gasteiger partial charge in [0.15, 0.2) is 9.90 Å². The number of rotatable bonds is 6. The third kappa shape index (κ3) is 3.49. The standard InChI is InChI=1S/C12H14N2O4S3/c1-3-8-4-5-19-9(8)6-14-21(16,17)12-10(11(15)18-2)13-7-20-12/h4-5,7,14H,3,6H2,1-2H3. The highest BCUT2D eigenvalue weighted by Gasteiger charge is 2.26. The number of hydrogen-bond acceptors (Lipinski definition) is 7. The van der Waals surface area contributed by atoms with Crippen LogP contribution in [0.4, 0.5) is 0 Å². The predicted octanol–water partition coefficient (Wildman–Crippen LogP) is 2.03. The molecule has 9 heteroatoms. The van der Waals surface area contributed by atoms with E-state index in [1.165, 1.54) is 24.0 Å². The molecule has 2 rings (SSSR count). The topological polar surface area (TPSA) is 85.4 Å². The third-order valence-corrected chi connectivity index (χ3v) is 6.53. The van der Waals surface area contributed by atoms with Crippen LogP contribution in [0, 0.1) is 0 Å². The van der Waals surface area contributed by atoms with E-state index in [-0.39, 0.29) is 16.4 Å². The summed E-state index contributed by atoms with van der Waals surface area (Å²) in [4.78, 5) is 16.2. The summed E-state index contributed by atoms with van der Waals surface area (Å²) >= 11 is 2.38. The largest absolute Gasteiger partial charge is 0.464 e. The molecule has 21 heavy (non-hydrogen) atoms. The molecule has 2 heterocycles. The molecule has 6 nitrogen and oxygen atoms in total. The summed E-state index contributed by atoms with van der Waals surface area (Å²) in [5.41, 5.74) is 2.24. The number of methoxy groups -OCH3 is 1. The van der Waals surface area contributed by atoms with Gasteiger partial charge in [-0.1, -0.05) is 6.92 Å². The minimum absolute atomic E-state index is 0.121. The molecule has 114 valence electrons. The minimum Gasteiger partial charge on any atom is -0.464 e. The molecule has 0 saturated carbocycles. The molecule has 1 N–H and O–H groups in total. The van der Waals surface area contributed by atoms with Gasteiger partial charge in [-0.25, -0.2) is 22.9 Å². The molecule has 2 aromatic heterocycles. The van der Waals surface area contributed by atoms with Crippen LogP contribution in [0.2, 0.25) is 0 Å². The number of carbonyl (C=O) groups is 1. The fourth-order valence-electron chi connectivity index (χ4n) is 1.72. The Kier molecular flexibility index (Phi) is 5.09. The van der Waals surface area contributed by atoms with Crippen LogP contribution in [0.1, 0.15) is 27.9 Å². The van der Waals surface area contributed by atoms with Gasteiger partial charge in [-0.15, -0.1) is 22.7 Å². The summed E-state index contributed by atoms with van der Waals surface area (Å²) in [7, 11) is -2.61. The third-order valence-electron chi connectivity index (χ3n) is 2.80. The number of aryl methyl sites for hydroxylation is 1. The molecule has 0 saturated heterocycles. The number of sulfonamides is 1. The number of thiazole rings is 1. The van der Waals surface area contributed by atoms with Gasteiger partial charge in [0.25, 0.3) is 10.0 Å². The fraction of sp³-hybridized carbons (Fsp3) is 0.333. The average Bonchev–Trinajstić information content (AvgIpc) is 3.12. The summed E-state index contributed by atoms with van der Waals surface area (Å²) in [6.07, 6.45) is 0.842. The van der Waals surface area contributed by atoms with Gasteiger partial charge in [0.05, 0.1) is 12.6 Å². The second-order valence-electron chi connectivity index (χ2n) is 4.03. The molecule has 0 aliphatic rings. The summed E-state index contributed by atoms with van der Waals surface area (Å²) in [6.45, 7) is 2.21. The molecule has 0 radical (unpaired) electrons. The van der Waals surface area contributed by atoms with Gasteiger partial charge in [0.1, 0.15) is 0 Å². The lowest BCUT2D eigenvalue weighted by atomic mass is 10.2. The van der Waals surface area contributed by atoms with Gasteiger partial charge in [-0.05, 0) is 23.4 Å². The fourth-order valence-corrected chi connectivity index (χ4v) is 4.90. The average molecular weight is 346 g/mol. The first-order valence-corrected chi connectivity index (χ1v) is 9.30. The molecule has 2 aromatic rings. The molecule has 0 atom stereocenters. The van der Waals surface area contributed by atoms with E-state index >= 15 is 0 Å². The van der Waals surface area contributed by atoms with Crippen molar-refractivity contribution in [3.63, 3.8) is 0 Å². The molecule has 0 bridgehead atoms. The van der Waals surface area contributed by atoms with Crippen LogP contribution in [-0.4, -0.2) is 26.5 Å². The van der Waals surface area contributed by atoms with Crippen molar-refractivity contribution >= 4 is 38.7 Å². The highest BCUT2D eigenvalue weighted by atomic mass is 32.2. The van der Waals surface area contributed by atoms with Crippen molar-refractivity contribution in [1.82, 2.24) is 9.71 Å². The van der Waals surface area contributed by atoms with Crippen molar-refractivity contribution in [3.8, 4) is 0 Å². The zero-order valence-corrected chi connectivity index (χ0v) is 13.9. The van der Waals surface area contributed by atoms with E-state index in [1.807, 2.05) is 18.4 Å². The molecule has 0 amide bonds. The van der Waals surface area contributed by atoms with Crippen LogP contribution < -0.4 is 4.72 Å². The van der Waals surface area contributed by atoms with E-state index in [9.17, 15) is 13.2 Å². The van der Waals surface area contributed by atoms with Gasteiger partial charge >= 0.3 is 5.97 Å². The van der Waals surface area contributed by atoms with Gasteiger partial charge in [0, 0.05) is 11.4 Å². The predicted molar refractivity (Wildman–Crippen MR) is 81.2 cm³/mol. The molecular formula is C12H14N2O4S3. The lowest BCUT2D eigenvalue weighted by molar-refractivity contribution is 0.0590. The van der Waals surface area contributed by atoms with Crippen LogP contribution >= 0.6 is 22.7 Å². The van der Waals surface area contributed by atoms with Crippen LogP contribution in [-0.2, 0) is 27.7 Å². The molecule has 0 aliphatic carbocycles. The maximum absolute atomic E-state index is 12.3. The number of ether oxygens (including phenoxy) is 1. The van der Waals surface area contributed by atoms with Crippen molar-refractivity contribution in [1.29, 1.82) is 0 Å². The lowest BCUT2D eigenvalue weighted by Crippen LogP contribution is -2.24. The minimum atomic E-state index is -3.79. The summed E-state index contributed by atoms with van der Waals surface area (Å²) in [6, 6.07) is 1.97. The van der Waals surface area contributed by atoms with Crippen molar-refractivity contribution in [2.24, 2.45) is 0 Å². The smallest absolute Gasteiger partial charge is 0.358 e. The Balaban J connectivity index is 2.20. The normalized spacial score (nSPS) is 11.5. The molecular weight excluding hydrogens is 332 g/mol. The Labute approximate surface area is 130 Å². The molecule has 0 aliphatic heterocycles. The number of hydrogen-bond donors (Lipinski definition) is 1. The van der Waals surface area contributed by atoms with Gasteiger partial charge in [0.2, 0.25) is 0 Å². The van der Waals surface area contributed by atoms with E-state index in [0.29, 0.717) is 0 Å². The molecule has 0 fully saturated rings. The Morgan fingerprint density at radius 3 is 2.86 bits per heavy atom. The first-order chi connectivity index (χ1) is 9.99. The highest BCUT2D eigenvalue weighted by Crippen LogP contribution is 2.22. The molecule has 0 spiro atoms. The highest BCUT2D eigenvalue weighted by molar-refractivity contribution is 7.91. The maximum Gasteiger partial charge on any atom is 0.358 e. The first kappa shape index (κ1) is 16.1. The Morgan fingerprint density at radius 1 is 1.43 bits per heavy atom. The monoisotopic (exact) mass is 346 g/mol. The zero-order chi connectivity index (χ0) is 15.5. The lowest BCUT2D eigenvalue weighted by Gasteiger charge is -2.06. The SMILES string of the molecule is CCc1ccsc1CNS(=O)(=O)c1scnc1C(=O)OC. The number of aromatic nitrogens is 1. The van der Waals surface area contributed by atoms with Gasteiger partial charge < -0.3 is 4.74 Å². The van der Waals surface area contributed by atoms with Crippen LogP contribution in [0.25, 0.3) is 0 Å². The van der Waals surface area contributed by atoms with E-state index in [2.05, 4.69) is 14.4 Å². The van der Waals surface area contributed by atoms with Crippen molar-refractivity contribution in [3.05, 3.63) is 33.1 Å². The Morgan fingerprint density at radius 2 is 2.19 bits per heavy atom. The summed E-state index contributed by atoms with van der Waals surface area (Å²) in [5, 5.41) is 1.93. The van der Waals surface area contributed by atoms with Crippen LogP contribution in [0.3, 0.4) is 0 Å². The van der Waals surface area contributed by atoms with Crippen molar-refractivity contribution in [2.75, 3.05) is 7.11 Å². The van der Waals surface area contributed by atoms with Crippen LogP contribution in [0.15, 0.2) is 21.2 Å². The van der Waals surface area contributed by atoms with Crippen molar-refractivity contribution in [2.45, 2.75) is 24.1 Å². The van der Waals surface area contributed by atoms with Crippen molar-refractivity contribution < 1.29 is 17.9 Å². The first-order valence-electron chi connectivity index (χ1n) is 6.06. The number of thiophene rings is 1. The second-order valence-corrected chi connectivity index (χ2v) is 7.84. The van der Waals surface area contributed by atoms with Gasteiger partial charge in [-0.2, -0.15) is 0 Å². The molecule has 0 aromatic carbocycles. The van der Waals surface area contributed by atoms with E-state index in [1.54, 1.807) is 0 Å². The van der Waals surface area contributed by atoms with Crippen LogP contribution in [0.5, 0.6) is 0 Å². The number of nitrogens with zero attached hydrogens (tertiary/aromatic N) is 1. The second kappa shape index (κ2) is 6.65. The van der Waals surface area contributed by atoms with Gasteiger partial charge in [-0.3, -0.25) is 0 Å². The number of esters is 1. The Bertz CT molecular complexity index is 733.